The van der Waals surface area contributed by atoms with E-state index in [-0.39, 0.29) is 12.2 Å². The van der Waals surface area contributed by atoms with Crippen molar-refractivity contribution in [3.63, 3.8) is 0 Å². The van der Waals surface area contributed by atoms with Crippen molar-refractivity contribution in [1.29, 1.82) is 0 Å². The van der Waals surface area contributed by atoms with Gasteiger partial charge < -0.3 is 9.39 Å². The average molecular weight is 181 g/mol. The summed E-state index contributed by atoms with van der Waals surface area (Å²) < 4.78 is 18.4. The van der Waals surface area contributed by atoms with Crippen LogP contribution in [0, 0.1) is 0 Å². The normalized spacial score (nSPS) is 12.5. The number of unbranched alkanes of at least 4 members (excludes halogenated alkanes) is 1. The molecule has 3 N–H and O–H groups in total. The largest absolute Gasteiger partial charge is 0.373 e. The van der Waals surface area contributed by atoms with Crippen LogP contribution < -0.4 is 5.90 Å². The molecular formula is C5H11NO4S. The van der Waals surface area contributed by atoms with Crippen LogP contribution in [0.4, 0.5) is 0 Å². The number of rotatable bonds is 5. The molecule has 11 heavy (non-hydrogen) atoms. The van der Waals surface area contributed by atoms with Gasteiger partial charge in [-0.15, -0.1) is 0 Å². The summed E-state index contributed by atoms with van der Waals surface area (Å²) in [5.74, 6) is 4.26. The van der Waals surface area contributed by atoms with Crippen molar-refractivity contribution in [3.8, 4) is 0 Å². The molecule has 0 amide bonds. The Bertz CT molecular complexity index is 149. The van der Waals surface area contributed by atoms with Gasteiger partial charge in [-0.25, -0.2) is 4.21 Å². The van der Waals surface area contributed by atoms with Crippen LogP contribution in [-0.4, -0.2) is 20.5 Å². The molecule has 0 aliphatic carbocycles. The number of hydrogen-bond donors (Lipinski definition) is 2. The predicted molar refractivity (Wildman–Crippen MR) is 39.8 cm³/mol. The zero-order valence-corrected chi connectivity index (χ0v) is 6.80. The fraction of sp³-hybridized carbons (Fsp3) is 0.800. The molecule has 0 bridgehead atoms. The first-order chi connectivity index (χ1) is 5.16. The molecule has 0 heterocycles. The molecular weight excluding hydrogens is 170 g/mol. The molecule has 1 unspecified atom stereocenters. The molecule has 0 spiro atoms. The monoisotopic (exact) mass is 181 g/mol. The van der Waals surface area contributed by atoms with Gasteiger partial charge in [-0.3, -0.25) is 4.79 Å². The summed E-state index contributed by atoms with van der Waals surface area (Å²) >= 11 is -1.77. The quantitative estimate of drug-likeness (QED) is 0.348. The molecule has 1 atom stereocenters. The first kappa shape index (κ1) is 10.5. The summed E-state index contributed by atoms with van der Waals surface area (Å²) in [7, 11) is 0. The number of hydrogen-bond acceptors (Lipinski definition) is 4. The van der Waals surface area contributed by atoms with Crippen molar-refractivity contribution in [3.05, 3.63) is 0 Å². The average Bonchev–Trinajstić information content (AvgIpc) is 1.97. The van der Waals surface area contributed by atoms with Crippen LogP contribution in [0.2, 0.25) is 0 Å². The molecule has 0 aromatic carbocycles. The minimum atomic E-state index is -1.77. The summed E-state index contributed by atoms with van der Waals surface area (Å²) in [5, 5.41) is 0. The van der Waals surface area contributed by atoms with Crippen LogP contribution in [0.5, 0.6) is 0 Å². The second kappa shape index (κ2) is 6.26. The number of carbonyl (C=O) groups excluding carboxylic acids is 1. The molecule has 5 nitrogen and oxygen atoms in total. The molecule has 0 saturated heterocycles. The Hall–Kier alpha value is -0.460. The van der Waals surface area contributed by atoms with Gasteiger partial charge in [-0.1, -0.05) is 0 Å². The highest BCUT2D eigenvalue weighted by Crippen LogP contribution is 1.96. The molecule has 0 radical (unpaired) electrons. The Morgan fingerprint density at radius 1 is 1.55 bits per heavy atom. The number of nitrogens with two attached hydrogens (primary N) is 1. The van der Waals surface area contributed by atoms with Crippen LogP contribution in [0.25, 0.3) is 0 Å². The highest BCUT2D eigenvalue weighted by atomic mass is 32.2. The summed E-state index contributed by atoms with van der Waals surface area (Å²) in [6, 6.07) is 0. The van der Waals surface area contributed by atoms with E-state index in [0.717, 1.165) is 0 Å². The highest BCUT2D eigenvalue weighted by Gasteiger charge is 2.00. The first-order valence-corrected chi connectivity index (χ1v) is 4.41. The van der Waals surface area contributed by atoms with Crippen LogP contribution in [-0.2, 0) is 20.7 Å². The summed E-state index contributed by atoms with van der Waals surface area (Å²) in [4.78, 5) is 14.3. The lowest BCUT2D eigenvalue weighted by Crippen LogP contribution is -2.09. The van der Waals surface area contributed by atoms with E-state index in [9.17, 15) is 9.00 Å². The van der Waals surface area contributed by atoms with Crippen molar-refractivity contribution in [2.75, 3.05) is 5.75 Å². The minimum absolute atomic E-state index is 0.192. The highest BCUT2D eigenvalue weighted by molar-refractivity contribution is 7.79. The van der Waals surface area contributed by atoms with Gasteiger partial charge in [-0.2, -0.15) is 5.90 Å². The Labute approximate surface area is 67.1 Å². The van der Waals surface area contributed by atoms with Gasteiger partial charge in [0.25, 0.3) is 0 Å². The van der Waals surface area contributed by atoms with Crippen LogP contribution in [0.1, 0.15) is 19.3 Å². The third-order valence-electron chi connectivity index (χ3n) is 1.08. The fourth-order valence-corrected chi connectivity index (χ4v) is 1.00. The first-order valence-electron chi connectivity index (χ1n) is 3.14. The smallest absolute Gasteiger partial charge is 0.324 e. The maximum Gasteiger partial charge on any atom is 0.324 e. The van der Waals surface area contributed by atoms with Crippen molar-refractivity contribution in [1.82, 2.24) is 0 Å². The van der Waals surface area contributed by atoms with E-state index in [0.29, 0.717) is 12.8 Å². The Balaban J connectivity index is 3.14. The van der Waals surface area contributed by atoms with Gasteiger partial charge in [0.15, 0.2) is 11.1 Å². The van der Waals surface area contributed by atoms with Gasteiger partial charge in [0.1, 0.15) is 0 Å². The Morgan fingerprint density at radius 3 is 2.64 bits per heavy atom. The second-order valence-electron chi connectivity index (χ2n) is 1.97. The molecule has 0 fully saturated rings. The fourth-order valence-electron chi connectivity index (χ4n) is 0.554. The molecule has 0 aromatic rings. The SMILES string of the molecule is NOC(=O)CCCCS(=O)O. The van der Waals surface area contributed by atoms with E-state index in [1.165, 1.54) is 0 Å². The summed E-state index contributed by atoms with van der Waals surface area (Å²) in [5.41, 5.74) is 0. The summed E-state index contributed by atoms with van der Waals surface area (Å²) in [6.07, 6.45) is 1.26. The van der Waals surface area contributed by atoms with E-state index < -0.39 is 17.0 Å². The zero-order valence-electron chi connectivity index (χ0n) is 5.99. The van der Waals surface area contributed by atoms with Gasteiger partial charge in [0.05, 0.1) is 0 Å². The minimum Gasteiger partial charge on any atom is -0.373 e. The lowest BCUT2D eigenvalue weighted by molar-refractivity contribution is -0.144. The van der Waals surface area contributed by atoms with Crippen molar-refractivity contribution >= 4 is 17.0 Å². The predicted octanol–water partition coefficient (Wildman–Crippen LogP) is -0.205. The standard InChI is InChI=1S/C5H11NO4S/c6-10-5(7)3-1-2-4-11(8)9/h1-4,6H2,(H,8,9). The molecule has 66 valence electrons. The van der Waals surface area contributed by atoms with Gasteiger partial charge in [0.2, 0.25) is 0 Å². The van der Waals surface area contributed by atoms with E-state index >= 15 is 0 Å². The van der Waals surface area contributed by atoms with Crippen LogP contribution >= 0.6 is 0 Å². The van der Waals surface area contributed by atoms with E-state index in [1.54, 1.807) is 0 Å². The molecule has 0 saturated carbocycles. The number of carbonyl (C=O) groups is 1. The molecule has 0 aliphatic rings. The second-order valence-corrected chi connectivity index (χ2v) is 3.02. The maximum atomic E-state index is 10.4. The lowest BCUT2D eigenvalue weighted by Gasteiger charge is -1.96. The van der Waals surface area contributed by atoms with Crippen LogP contribution in [0.3, 0.4) is 0 Å². The third-order valence-corrected chi connectivity index (χ3v) is 1.72. The lowest BCUT2D eigenvalue weighted by atomic mass is 10.2. The maximum absolute atomic E-state index is 10.4. The third kappa shape index (κ3) is 7.44. The van der Waals surface area contributed by atoms with Gasteiger partial charge in [0, 0.05) is 12.2 Å². The van der Waals surface area contributed by atoms with Gasteiger partial charge >= 0.3 is 5.97 Å². The molecule has 0 aliphatic heterocycles. The Morgan fingerprint density at radius 2 is 2.18 bits per heavy atom. The molecule has 0 aromatic heterocycles. The van der Waals surface area contributed by atoms with E-state index in [1.807, 2.05) is 0 Å². The van der Waals surface area contributed by atoms with Crippen molar-refractivity contribution in [2.24, 2.45) is 5.90 Å². The summed E-state index contributed by atoms with van der Waals surface area (Å²) in [6.45, 7) is 0. The van der Waals surface area contributed by atoms with Crippen LogP contribution in [0.15, 0.2) is 0 Å². The molecule has 0 rings (SSSR count). The zero-order chi connectivity index (χ0) is 8.69. The Kier molecular flexibility index (Phi) is 6.00. The van der Waals surface area contributed by atoms with E-state index in [2.05, 4.69) is 10.7 Å². The van der Waals surface area contributed by atoms with E-state index in [4.69, 9.17) is 4.55 Å². The molecule has 6 heteroatoms. The topological polar surface area (TPSA) is 89.6 Å². The van der Waals surface area contributed by atoms with Crippen molar-refractivity contribution in [2.45, 2.75) is 19.3 Å². The van der Waals surface area contributed by atoms with Crippen molar-refractivity contribution < 1.29 is 18.4 Å². The van der Waals surface area contributed by atoms with Gasteiger partial charge in [-0.05, 0) is 12.8 Å².